The van der Waals surface area contributed by atoms with Crippen LogP contribution in [0.3, 0.4) is 0 Å². The van der Waals surface area contributed by atoms with E-state index in [0.717, 1.165) is 10.0 Å². The van der Waals surface area contributed by atoms with E-state index in [0.29, 0.717) is 39.0 Å². The number of hydrogen-bond donors (Lipinski definition) is 3. The van der Waals surface area contributed by atoms with E-state index in [9.17, 15) is 9.59 Å². The summed E-state index contributed by atoms with van der Waals surface area (Å²) in [6, 6.07) is 15.2. The van der Waals surface area contributed by atoms with Gasteiger partial charge in [-0.15, -0.1) is 0 Å². The van der Waals surface area contributed by atoms with Gasteiger partial charge in [0.1, 0.15) is 11.5 Å². The molecule has 7 nitrogen and oxygen atoms in total. The van der Waals surface area contributed by atoms with Gasteiger partial charge in [-0.1, -0.05) is 39.7 Å². The number of carbonyl (C=O) groups is 2. The molecule has 3 N–H and O–H groups in total. The van der Waals surface area contributed by atoms with E-state index in [1.54, 1.807) is 48.5 Å². The molecule has 0 saturated carbocycles. The first-order valence-corrected chi connectivity index (χ1v) is 11.5. The summed E-state index contributed by atoms with van der Waals surface area (Å²) >= 11 is 14.8. The van der Waals surface area contributed by atoms with Crippen molar-refractivity contribution >= 4 is 68.1 Å². The van der Waals surface area contributed by atoms with Crippen LogP contribution in [0.2, 0.25) is 5.02 Å². The molecule has 0 aliphatic heterocycles. The summed E-state index contributed by atoms with van der Waals surface area (Å²) in [4.78, 5) is 25.3. The molecular formula is C24H21BrClN3O4S. The number of anilines is 2. The highest BCUT2D eigenvalue weighted by atomic mass is 79.9. The number of thiocarbonyl (C=S) groups is 1. The number of nitrogens with one attached hydrogen (secondary N) is 3. The quantitative estimate of drug-likeness (QED) is 0.329. The molecule has 0 saturated heterocycles. The third kappa shape index (κ3) is 6.05. The minimum Gasteiger partial charge on any atom is -0.496 e. The Bertz CT molecular complexity index is 1270. The molecule has 0 heterocycles. The van der Waals surface area contributed by atoms with Gasteiger partial charge in [-0.05, 0) is 61.1 Å². The lowest BCUT2D eigenvalue weighted by Crippen LogP contribution is -2.34. The second-order valence-electron chi connectivity index (χ2n) is 7.06. The first kappa shape index (κ1) is 25.5. The van der Waals surface area contributed by atoms with Crippen LogP contribution in [-0.4, -0.2) is 31.1 Å². The summed E-state index contributed by atoms with van der Waals surface area (Å²) in [6.07, 6.45) is 0. The van der Waals surface area contributed by atoms with Crippen LogP contribution in [-0.2, 0) is 0 Å². The lowest BCUT2D eigenvalue weighted by molar-refractivity contribution is 0.0973. The maximum Gasteiger partial charge on any atom is 0.261 e. The van der Waals surface area contributed by atoms with Crippen molar-refractivity contribution in [2.24, 2.45) is 0 Å². The van der Waals surface area contributed by atoms with Crippen LogP contribution in [0.15, 0.2) is 59.1 Å². The second kappa shape index (κ2) is 11.3. The van der Waals surface area contributed by atoms with E-state index >= 15 is 0 Å². The Balaban J connectivity index is 1.72. The molecular weight excluding hydrogens is 542 g/mol. The van der Waals surface area contributed by atoms with Crippen LogP contribution in [0.4, 0.5) is 11.4 Å². The molecule has 0 aromatic heterocycles. The van der Waals surface area contributed by atoms with Crippen molar-refractivity contribution in [3.05, 3.63) is 80.8 Å². The van der Waals surface area contributed by atoms with Crippen molar-refractivity contribution in [1.29, 1.82) is 0 Å². The van der Waals surface area contributed by atoms with Crippen LogP contribution in [0, 0.1) is 6.92 Å². The molecule has 0 aliphatic rings. The highest BCUT2D eigenvalue weighted by Crippen LogP contribution is 2.30. The Morgan fingerprint density at radius 1 is 0.941 bits per heavy atom. The minimum absolute atomic E-state index is 0.0830. The molecule has 10 heteroatoms. The van der Waals surface area contributed by atoms with Gasteiger partial charge in [-0.25, -0.2) is 0 Å². The topological polar surface area (TPSA) is 88.7 Å². The number of aryl methyl sites for hydroxylation is 1. The molecule has 0 aliphatic carbocycles. The number of halogens is 2. The molecule has 2 amide bonds. The Labute approximate surface area is 215 Å². The highest BCUT2D eigenvalue weighted by molar-refractivity contribution is 9.10. The number of hydrogen-bond acceptors (Lipinski definition) is 5. The van der Waals surface area contributed by atoms with Crippen molar-refractivity contribution in [2.75, 3.05) is 24.9 Å². The summed E-state index contributed by atoms with van der Waals surface area (Å²) < 4.78 is 11.5. The number of rotatable bonds is 6. The van der Waals surface area contributed by atoms with Crippen LogP contribution >= 0.6 is 39.7 Å². The largest absolute Gasteiger partial charge is 0.496 e. The first-order chi connectivity index (χ1) is 16.2. The zero-order valence-electron chi connectivity index (χ0n) is 18.5. The maximum absolute atomic E-state index is 12.8. The Morgan fingerprint density at radius 2 is 1.68 bits per heavy atom. The summed E-state index contributed by atoms with van der Waals surface area (Å²) in [5.74, 6) is 0.0626. The normalized spacial score (nSPS) is 10.3. The summed E-state index contributed by atoms with van der Waals surface area (Å²) in [6.45, 7) is 1.84. The van der Waals surface area contributed by atoms with Crippen molar-refractivity contribution < 1.29 is 19.1 Å². The van der Waals surface area contributed by atoms with E-state index < -0.39 is 5.91 Å². The van der Waals surface area contributed by atoms with Gasteiger partial charge in [0.25, 0.3) is 11.8 Å². The third-order valence-electron chi connectivity index (χ3n) is 4.74. The highest BCUT2D eigenvalue weighted by Gasteiger charge is 2.17. The van der Waals surface area contributed by atoms with Crippen LogP contribution in [0.1, 0.15) is 26.3 Å². The SMILES string of the molecule is COc1cc(NC(=S)NC(=O)c2cc(Br)cc(C)c2OC)ccc1NC(=O)c1ccccc1Cl. The van der Waals surface area contributed by atoms with E-state index in [1.165, 1.54) is 14.2 Å². The fourth-order valence-corrected chi connectivity index (χ4v) is 4.21. The second-order valence-corrected chi connectivity index (χ2v) is 8.79. The number of carbonyl (C=O) groups excluding carboxylic acids is 2. The van der Waals surface area contributed by atoms with Crippen molar-refractivity contribution in [1.82, 2.24) is 5.32 Å². The Kier molecular flexibility index (Phi) is 8.49. The van der Waals surface area contributed by atoms with Gasteiger partial charge in [0.15, 0.2) is 5.11 Å². The fourth-order valence-electron chi connectivity index (χ4n) is 3.21. The van der Waals surface area contributed by atoms with Gasteiger partial charge in [0.2, 0.25) is 0 Å². The van der Waals surface area contributed by atoms with E-state index in [2.05, 4.69) is 31.9 Å². The van der Waals surface area contributed by atoms with Gasteiger partial charge in [0, 0.05) is 16.2 Å². The first-order valence-electron chi connectivity index (χ1n) is 9.94. The number of benzene rings is 3. The van der Waals surface area contributed by atoms with Gasteiger partial charge in [-0.2, -0.15) is 0 Å². The van der Waals surface area contributed by atoms with Gasteiger partial charge in [0.05, 0.1) is 36.1 Å². The molecule has 34 heavy (non-hydrogen) atoms. The standard InChI is InChI=1S/C24H21BrClN3O4S/c1-13-10-14(25)11-17(21(13)33-3)23(31)29-24(34)27-15-8-9-19(20(12-15)32-2)28-22(30)16-6-4-5-7-18(16)26/h4-12H,1-3H3,(H,28,30)(H2,27,29,31,34). The molecule has 0 fully saturated rings. The molecule has 0 radical (unpaired) electrons. The van der Waals surface area contributed by atoms with Gasteiger partial charge >= 0.3 is 0 Å². The number of ether oxygens (including phenoxy) is 2. The van der Waals surface area contributed by atoms with E-state index in [4.69, 9.17) is 33.3 Å². The third-order valence-corrected chi connectivity index (χ3v) is 5.73. The maximum atomic E-state index is 12.8. The van der Waals surface area contributed by atoms with E-state index in [1.807, 2.05) is 13.0 Å². The Morgan fingerprint density at radius 3 is 2.35 bits per heavy atom. The summed E-state index contributed by atoms with van der Waals surface area (Å²) in [5.41, 5.74) is 2.49. The van der Waals surface area contributed by atoms with Crippen molar-refractivity contribution in [3.63, 3.8) is 0 Å². The molecule has 3 aromatic rings. The lowest BCUT2D eigenvalue weighted by Gasteiger charge is -2.15. The van der Waals surface area contributed by atoms with Crippen LogP contribution < -0.4 is 25.4 Å². The monoisotopic (exact) mass is 561 g/mol. The molecule has 0 atom stereocenters. The van der Waals surface area contributed by atoms with Crippen molar-refractivity contribution in [2.45, 2.75) is 6.92 Å². The van der Waals surface area contributed by atoms with Crippen LogP contribution in [0.25, 0.3) is 0 Å². The van der Waals surface area contributed by atoms with Crippen LogP contribution in [0.5, 0.6) is 11.5 Å². The zero-order chi connectivity index (χ0) is 24.8. The zero-order valence-corrected chi connectivity index (χ0v) is 21.7. The van der Waals surface area contributed by atoms with Gasteiger partial charge in [-0.3, -0.25) is 14.9 Å². The molecule has 176 valence electrons. The molecule has 0 unspecified atom stereocenters. The predicted octanol–water partition coefficient (Wildman–Crippen LogP) is 5.81. The number of amides is 2. The average molecular weight is 563 g/mol. The average Bonchev–Trinajstić information content (AvgIpc) is 2.79. The molecule has 0 spiro atoms. The number of methoxy groups -OCH3 is 2. The van der Waals surface area contributed by atoms with Gasteiger partial charge < -0.3 is 20.1 Å². The predicted molar refractivity (Wildman–Crippen MR) is 142 cm³/mol. The molecule has 3 aromatic carbocycles. The van der Waals surface area contributed by atoms with E-state index in [-0.39, 0.29) is 11.0 Å². The molecule has 3 rings (SSSR count). The lowest BCUT2D eigenvalue weighted by atomic mass is 10.1. The fraction of sp³-hybridized carbons (Fsp3) is 0.125. The summed E-state index contributed by atoms with van der Waals surface area (Å²) in [7, 11) is 2.98. The summed E-state index contributed by atoms with van der Waals surface area (Å²) in [5, 5.41) is 8.78. The minimum atomic E-state index is -0.422. The van der Waals surface area contributed by atoms with Crippen molar-refractivity contribution in [3.8, 4) is 11.5 Å². The molecule has 0 bridgehead atoms. The smallest absolute Gasteiger partial charge is 0.261 e. The Hall–Kier alpha value is -3.14.